The molecule has 0 nitrogen and oxygen atoms in total. The van der Waals surface area contributed by atoms with E-state index in [9.17, 15) is 0 Å². The first-order valence-corrected chi connectivity index (χ1v) is 18.0. The third kappa shape index (κ3) is 11.3. The van der Waals surface area contributed by atoms with Gasteiger partial charge in [0.05, 0.1) is 0 Å². The van der Waals surface area contributed by atoms with Gasteiger partial charge < -0.3 is 0 Å². The zero-order chi connectivity index (χ0) is 31.8. The van der Waals surface area contributed by atoms with Crippen molar-refractivity contribution in [2.45, 2.75) is 52.4 Å². The Labute approximate surface area is 303 Å². The molecule has 0 radical (unpaired) electrons. The van der Waals surface area contributed by atoms with E-state index in [0.29, 0.717) is 0 Å². The molecule has 0 aromatic heterocycles. The summed E-state index contributed by atoms with van der Waals surface area (Å²) < 4.78 is 0. The number of aryl methyl sites for hydroxylation is 2. The fourth-order valence-corrected chi connectivity index (χ4v) is 8.06. The van der Waals surface area contributed by atoms with Crippen LogP contribution in [0.4, 0.5) is 0 Å². The summed E-state index contributed by atoms with van der Waals surface area (Å²) in [6, 6.07) is 56.3. The van der Waals surface area contributed by atoms with Crippen LogP contribution in [0.2, 0.25) is 0 Å². The number of fused-ring (bicyclic) bond motifs is 1. The Bertz CT molecular complexity index is 1670. The van der Waals surface area contributed by atoms with Gasteiger partial charge in [0.25, 0.3) is 0 Å². The van der Waals surface area contributed by atoms with Gasteiger partial charge >= 0.3 is 26.2 Å². The van der Waals surface area contributed by atoms with Crippen molar-refractivity contribution in [1.29, 1.82) is 0 Å². The molecule has 234 valence electrons. The Morgan fingerprint density at radius 2 is 1.11 bits per heavy atom. The first kappa shape index (κ1) is 36.3. The Morgan fingerprint density at radius 1 is 0.617 bits per heavy atom. The molecule has 2 heteroatoms. The van der Waals surface area contributed by atoms with Crippen molar-refractivity contribution >= 4 is 34.6 Å². The molecule has 0 N–H and O–H groups in total. The maximum absolute atomic E-state index is 3.30. The molecule has 0 amide bonds. The van der Waals surface area contributed by atoms with Crippen LogP contribution in [0, 0.1) is 6.08 Å². The average Bonchev–Trinajstić information content (AvgIpc) is 3.74. The van der Waals surface area contributed by atoms with E-state index < -0.39 is 7.92 Å². The zero-order valence-electron chi connectivity index (χ0n) is 27.8. The van der Waals surface area contributed by atoms with Crippen molar-refractivity contribution in [1.82, 2.24) is 0 Å². The molecular formula is C45H45PZr. The van der Waals surface area contributed by atoms with Crippen molar-refractivity contribution in [2.24, 2.45) is 0 Å². The minimum absolute atomic E-state index is 0. The van der Waals surface area contributed by atoms with Crippen molar-refractivity contribution < 1.29 is 26.2 Å². The second-order valence-corrected chi connectivity index (χ2v) is 13.9. The maximum Gasteiger partial charge on any atom is 2.00 e. The van der Waals surface area contributed by atoms with Crippen molar-refractivity contribution in [2.75, 3.05) is 0 Å². The quantitative estimate of drug-likeness (QED) is 0.104. The van der Waals surface area contributed by atoms with Gasteiger partial charge in [-0.15, -0.1) is 46.8 Å². The van der Waals surface area contributed by atoms with Gasteiger partial charge in [0.2, 0.25) is 0 Å². The van der Waals surface area contributed by atoms with Crippen molar-refractivity contribution in [3.63, 3.8) is 0 Å². The van der Waals surface area contributed by atoms with Gasteiger partial charge in [-0.2, -0.15) is 17.7 Å². The number of rotatable bonds is 9. The second-order valence-electron chi connectivity index (χ2n) is 11.7. The monoisotopic (exact) mass is 706 g/mol. The van der Waals surface area contributed by atoms with Crippen LogP contribution in [0.25, 0.3) is 10.8 Å². The van der Waals surface area contributed by atoms with E-state index in [2.05, 4.69) is 184 Å². The molecule has 6 aromatic carbocycles. The molecule has 0 unspecified atom stereocenters. The molecule has 0 aliphatic heterocycles. The number of hydrogen-bond donors (Lipinski definition) is 0. The normalized spacial score (nSPS) is 11.8. The van der Waals surface area contributed by atoms with Crippen LogP contribution in [0.3, 0.4) is 0 Å². The summed E-state index contributed by atoms with van der Waals surface area (Å²) in [4.78, 5) is 0. The molecule has 0 heterocycles. The third-order valence-electron chi connectivity index (χ3n) is 8.27. The Hall–Kier alpha value is -3.50. The summed E-state index contributed by atoms with van der Waals surface area (Å²) in [5.41, 5.74) is 5.74. The van der Waals surface area contributed by atoms with Gasteiger partial charge in [0.15, 0.2) is 0 Å². The fourth-order valence-electron chi connectivity index (χ4n) is 5.69. The predicted molar refractivity (Wildman–Crippen MR) is 203 cm³/mol. The van der Waals surface area contributed by atoms with Gasteiger partial charge in [-0.05, 0) is 42.5 Å². The first-order chi connectivity index (χ1) is 22.7. The number of benzene rings is 5. The van der Waals surface area contributed by atoms with Crippen LogP contribution in [-0.4, -0.2) is 0 Å². The SMILES string of the molecule is CCCCC1=CC[C-]=C1C.[Zr+2].c1ccc(CCc2ccccc2)cc1.c1ccc(P(c2ccccc2)c2cc3ccccc3[cH-]2)cc1. The molecule has 0 bridgehead atoms. The minimum atomic E-state index is -0.493. The first-order valence-electron chi connectivity index (χ1n) is 16.6. The van der Waals surface area contributed by atoms with E-state index in [1.54, 1.807) is 0 Å². The largest absolute Gasteiger partial charge is 2.00 e. The number of unbranched alkanes of at least 4 members (excludes halogenated alkanes) is 1. The molecule has 0 spiro atoms. The minimum Gasteiger partial charge on any atom is -0.269 e. The Kier molecular flexibility index (Phi) is 15.5. The molecule has 6 aromatic rings. The van der Waals surface area contributed by atoms with Gasteiger partial charge in [-0.3, -0.25) is 6.08 Å². The fraction of sp³-hybridized carbons (Fsp3) is 0.178. The van der Waals surface area contributed by atoms with Crippen LogP contribution in [0.15, 0.2) is 175 Å². The topological polar surface area (TPSA) is 0 Å². The van der Waals surface area contributed by atoms with E-state index in [1.807, 2.05) is 0 Å². The van der Waals surface area contributed by atoms with Crippen LogP contribution < -0.4 is 15.9 Å². The van der Waals surface area contributed by atoms with Gasteiger partial charge in [0, 0.05) is 0 Å². The molecule has 0 atom stereocenters. The summed E-state index contributed by atoms with van der Waals surface area (Å²) in [7, 11) is -0.493. The van der Waals surface area contributed by atoms with Gasteiger partial charge in [-0.1, -0.05) is 161 Å². The Morgan fingerprint density at radius 3 is 1.57 bits per heavy atom. The third-order valence-corrected chi connectivity index (χ3v) is 10.7. The molecule has 7 rings (SSSR count). The molecular weight excluding hydrogens is 663 g/mol. The molecule has 0 saturated heterocycles. The van der Waals surface area contributed by atoms with Crippen LogP contribution in [0.1, 0.15) is 50.7 Å². The molecule has 47 heavy (non-hydrogen) atoms. The summed E-state index contributed by atoms with van der Waals surface area (Å²) in [6.45, 7) is 4.40. The standard InChI is InChI=1S/C21H16P.C14H14.C10H15.Zr/c1-3-11-19(12-4-1)22(20-13-5-2-6-14-20)21-15-17-9-7-8-10-18(17)16-21;1-3-7-13(8-4-1)11-12-14-9-5-2-6-10-14;1-3-4-7-10-8-5-6-9(10)2;/h1-16H;1-10H,11-12H2;8H,3-5,7H2,1-2H3;/q-1;;-1;+2. The van der Waals surface area contributed by atoms with E-state index in [1.165, 1.54) is 68.2 Å². The van der Waals surface area contributed by atoms with E-state index >= 15 is 0 Å². The molecule has 0 saturated carbocycles. The average molecular weight is 708 g/mol. The predicted octanol–water partition coefficient (Wildman–Crippen LogP) is 11.0. The van der Waals surface area contributed by atoms with Gasteiger partial charge in [0.1, 0.15) is 0 Å². The summed E-state index contributed by atoms with van der Waals surface area (Å²) in [6.07, 6.45) is 12.8. The molecule has 0 fully saturated rings. The summed E-state index contributed by atoms with van der Waals surface area (Å²) in [5.74, 6) is 0. The van der Waals surface area contributed by atoms with E-state index in [4.69, 9.17) is 0 Å². The van der Waals surface area contributed by atoms with E-state index in [-0.39, 0.29) is 26.2 Å². The van der Waals surface area contributed by atoms with E-state index in [0.717, 1.165) is 19.3 Å². The summed E-state index contributed by atoms with van der Waals surface area (Å²) >= 11 is 0. The van der Waals surface area contributed by atoms with Gasteiger partial charge in [-0.25, -0.2) is 5.57 Å². The second kappa shape index (κ2) is 20.0. The summed E-state index contributed by atoms with van der Waals surface area (Å²) in [5, 5.41) is 6.89. The number of allylic oxidation sites excluding steroid dienone is 4. The smallest absolute Gasteiger partial charge is 0.269 e. The van der Waals surface area contributed by atoms with Crippen molar-refractivity contribution in [3.8, 4) is 0 Å². The number of hydrogen-bond acceptors (Lipinski definition) is 0. The Balaban J connectivity index is 0.000000172. The van der Waals surface area contributed by atoms with Crippen LogP contribution in [0.5, 0.6) is 0 Å². The molecule has 1 aliphatic rings. The van der Waals surface area contributed by atoms with Crippen molar-refractivity contribution in [3.05, 3.63) is 192 Å². The molecule has 1 aliphatic carbocycles. The zero-order valence-corrected chi connectivity index (χ0v) is 31.1. The maximum atomic E-state index is 3.30. The van der Waals surface area contributed by atoms with Crippen LogP contribution >= 0.6 is 7.92 Å². The van der Waals surface area contributed by atoms with Crippen LogP contribution in [-0.2, 0) is 39.0 Å².